The third-order valence-corrected chi connectivity index (χ3v) is 7.45. The van der Waals surface area contributed by atoms with Gasteiger partial charge in [0, 0.05) is 39.2 Å². The second kappa shape index (κ2) is 6.75. The van der Waals surface area contributed by atoms with Crippen LogP contribution in [-0.2, 0) is 14.9 Å². The van der Waals surface area contributed by atoms with Crippen LogP contribution in [0.4, 0.5) is 0 Å². The molecule has 1 aromatic carbocycles. The van der Waals surface area contributed by atoms with Gasteiger partial charge in [0.05, 0.1) is 6.10 Å². The fraction of sp³-hybridized carbons (Fsp3) is 0.667. The summed E-state index contributed by atoms with van der Waals surface area (Å²) in [5.74, 6) is 0.227. The van der Waals surface area contributed by atoms with E-state index in [1.54, 1.807) is 15.7 Å². The molecule has 2 aliphatic heterocycles. The minimum atomic E-state index is -3.39. The molecule has 5 nitrogen and oxygen atoms in total. The van der Waals surface area contributed by atoms with Crippen molar-refractivity contribution in [3.05, 3.63) is 35.9 Å². The number of hydrogen-bond donors (Lipinski definition) is 0. The molecule has 0 N–H and O–H groups in total. The Morgan fingerprint density at radius 2 is 1.71 bits per heavy atom. The van der Waals surface area contributed by atoms with Gasteiger partial charge in [-0.05, 0) is 23.8 Å². The van der Waals surface area contributed by atoms with E-state index >= 15 is 0 Å². The maximum Gasteiger partial charge on any atom is 0.282 e. The second-order valence-corrected chi connectivity index (χ2v) is 9.51. The summed E-state index contributed by atoms with van der Waals surface area (Å²) in [6.07, 6.45) is 1.73. The van der Waals surface area contributed by atoms with Crippen LogP contribution in [0.1, 0.15) is 38.2 Å². The van der Waals surface area contributed by atoms with E-state index in [1.807, 2.05) is 18.2 Å². The highest BCUT2D eigenvalue weighted by Crippen LogP contribution is 2.43. The van der Waals surface area contributed by atoms with Gasteiger partial charge in [-0.1, -0.05) is 44.2 Å². The Hall–Kier alpha value is -0.950. The number of rotatable bonds is 4. The molecule has 0 aromatic heterocycles. The lowest BCUT2D eigenvalue weighted by Crippen LogP contribution is -2.47. The quantitative estimate of drug-likeness (QED) is 0.836. The molecule has 2 aliphatic rings. The van der Waals surface area contributed by atoms with E-state index in [1.165, 1.54) is 5.56 Å². The van der Waals surface area contributed by atoms with E-state index in [2.05, 4.69) is 26.0 Å². The Bertz CT molecular complexity index is 652. The molecule has 1 atom stereocenters. The molecule has 0 spiro atoms. The van der Waals surface area contributed by atoms with Crippen molar-refractivity contribution >= 4 is 10.2 Å². The first kappa shape index (κ1) is 17.9. The fourth-order valence-electron chi connectivity index (χ4n) is 3.96. The fourth-order valence-corrected chi connectivity index (χ4v) is 5.79. The summed E-state index contributed by atoms with van der Waals surface area (Å²) in [7, 11) is -1.70. The Kier molecular flexibility index (Phi) is 5.02. The van der Waals surface area contributed by atoms with E-state index in [9.17, 15) is 8.42 Å². The predicted molar refractivity (Wildman–Crippen MR) is 95.1 cm³/mol. The summed E-state index contributed by atoms with van der Waals surface area (Å²) >= 11 is 0. The van der Waals surface area contributed by atoms with Gasteiger partial charge in [0.25, 0.3) is 10.2 Å². The van der Waals surface area contributed by atoms with E-state index in [4.69, 9.17) is 4.74 Å². The molecule has 3 rings (SSSR count). The van der Waals surface area contributed by atoms with Crippen LogP contribution in [-0.4, -0.2) is 56.4 Å². The van der Waals surface area contributed by atoms with Gasteiger partial charge in [-0.15, -0.1) is 0 Å². The number of hydrogen-bond acceptors (Lipinski definition) is 3. The SMILES string of the molecule is COC1CCN(S(=O)(=O)N2C[C@H](c3ccccc3)C(C)(C)C2)CC1. The molecule has 0 aliphatic carbocycles. The van der Waals surface area contributed by atoms with Gasteiger partial charge >= 0.3 is 0 Å². The molecule has 6 heteroatoms. The van der Waals surface area contributed by atoms with Gasteiger partial charge in [-0.25, -0.2) is 0 Å². The Labute approximate surface area is 145 Å². The smallest absolute Gasteiger partial charge is 0.282 e. The molecule has 134 valence electrons. The first-order valence-electron chi connectivity index (χ1n) is 8.67. The van der Waals surface area contributed by atoms with Crippen molar-refractivity contribution in [2.24, 2.45) is 5.41 Å². The largest absolute Gasteiger partial charge is 0.381 e. The average molecular weight is 353 g/mol. The first-order chi connectivity index (χ1) is 11.3. The lowest BCUT2D eigenvalue weighted by atomic mass is 9.78. The van der Waals surface area contributed by atoms with Crippen molar-refractivity contribution in [2.75, 3.05) is 33.3 Å². The highest BCUT2D eigenvalue weighted by Gasteiger charge is 2.46. The number of nitrogens with zero attached hydrogens (tertiary/aromatic N) is 2. The van der Waals surface area contributed by atoms with E-state index in [0.717, 1.165) is 12.8 Å². The number of piperidine rings is 1. The van der Waals surface area contributed by atoms with Crippen LogP contribution in [0.3, 0.4) is 0 Å². The number of methoxy groups -OCH3 is 1. The molecule has 0 bridgehead atoms. The molecule has 0 radical (unpaired) electrons. The van der Waals surface area contributed by atoms with Gasteiger partial charge in [0.15, 0.2) is 0 Å². The van der Waals surface area contributed by atoms with Crippen LogP contribution in [0, 0.1) is 5.41 Å². The highest BCUT2D eigenvalue weighted by atomic mass is 32.2. The highest BCUT2D eigenvalue weighted by molar-refractivity contribution is 7.86. The van der Waals surface area contributed by atoms with Gasteiger partial charge in [0.2, 0.25) is 0 Å². The second-order valence-electron chi connectivity index (χ2n) is 7.59. The standard InChI is InChI=1S/C18H28N2O3S/c1-18(2)14-20(13-17(18)15-7-5-4-6-8-15)24(21,22)19-11-9-16(23-3)10-12-19/h4-8,16-17H,9-14H2,1-3H3/t17-/m1/s1. The van der Waals surface area contributed by atoms with E-state index < -0.39 is 10.2 Å². The Balaban J connectivity index is 1.76. The van der Waals surface area contributed by atoms with Gasteiger partial charge in [0.1, 0.15) is 0 Å². The minimum absolute atomic E-state index is 0.0702. The number of benzene rings is 1. The van der Waals surface area contributed by atoms with Crippen molar-refractivity contribution in [3.63, 3.8) is 0 Å². The lowest BCUT2D eigenvalue weighted by Gasteiger charge is -2.33. The molecular formula is C18H28N2O3S. The molecular weight excluding hydrogens is 324 g/mol. The van der Waals surface area contributed by atoms with Crippen LogP contribution in [0.5, 0.6) is 0 Å². The minimum Gasteiger partial charge on any atom is -0.381 e. The van der Waals surface area contributed by atoms with Crippen molar-refractivity contribution in [1.29, 1.82) is 0 Å². The summed E-state index contributed by atoms with van der Waals surface area (Å²) in [5, 5.41) is 0. The molecule has 0 unspecified atom stereocenters. The summed E-state index contributed by atoms with van der Waals surface area (Å²) in [6, 6.07) is 10.3. The summed E-state index contributed by atoms with van der Waals surface area (Å²) < 4.78 is 34.8. The zero-order valence-electron chi connectivity index (χ0n) is 14.8. The van der Waals surface area contributed by atoms with Gasteiger partial charge < -0.3 is 4.74 Å². The predicted octanol–water partition coefficient (Wildman–Crippen LogP) is 2.47. The van der Waals surface area contributed by atoms with E-state index in [0.29, 0.717) is 26.2 Å². The third-order valence-electron chi connectivity index (χ3n) is 5.50. The summed E-state index contributed by atoms with van der Waals surface area (Å²) in [5.41, 5.74) is 1.15. The lowest BCUT2D eigenvalue weighted by molar-refractivity contribution is 0.0592. The van der Waals surface area contributed by atoms with Crippen molar-refractivity contribution in [3.8, 4) is 0 Å². The van der Waals surface area contributed by atoms with Gasteiger partial charge in [-0.2, -0.15) is 17.0 Å². The van der Waals surface area contributed by atoms with E-state index in [-0.39, 0.29) is 17.4 Å². The normalized spacial score (nSPS) is 26.7. The van der Waals surface area contributed by atoms with Crippen LogP contribution in [0.15, 0.2) is 30.3 Å². The molecule has 2 heterocycles. The molecule has 1 aromatic rings. The van der Waals surface area contributed by atoms with Crippen molar-refractivity contribution in [1.82, 2.24) is 8.61 Å². The Morgan fingerprint density at radius 3 is 2.29 bits per heavy atom. The van der Waals surface area contributed by atoms with Gasteiger partial charge in [-0.3, -0.25) is 0 Å². The first-order valence-corrected chi connectivity index (χ1v) is 10.1. The maximum absolute atomic E-state index is 13.1. The molecule has 0 amide bonds. The molecule has 2 saturated heterocycles. The maximum atomic E-state index is 13.1. The van der Waals surface area contributed by atoms with Crippen LogP contribution in [0.2, 0.25) is 0 Å². The Morgan fingerprint density at radius 1 is 1.08 bits per heavy atom. The molecule has 24 heavy (non-hydrogen) atoms. The van der Waals surface area contributed by atoms with Crippen LogP contribution < -0.4 is 0 Å². The third kappa shape index (κ3) is 3.38. The van der Waals surface area contributed by atoms with Crippen molar-refractivity contribution in [2.45, 2.75) is 38.7 Å². The topological polar surface area (TPSA) is 49.9 Å². The zero-order valence-corrected chi connectivity index (χ0v) is 15.6. The summed E-state index contributed by atoms with van der Waals surface area (Å²) in [6.45, 7) is 6.55. The van der Waals surface area contributed by atoms with Crippen LogP contribution >= 0.6 is 0 Å². The summed E-state index contributed by atoms with van der Waals surface area (Å²) in [4.78, 5) is 0. The number of ether oxygens (including phenoxy) is 1. The molecule has 0 saturated carbocycles. The zero-order chi connectivity index (χ0) is 17.4. The molecule has 2 fully saturated rings. The monoisotopic (exact) mass is 352 g/mol. The van der Waals surface area contributed by atoms with Crippen LogP contribution in [0.25, 0.3) is 0 Å². The van der Waals surface area contributed by atoms with Crippen molar-refractivity contribution < 1.29 is 13.2 Å². The average Bonchev–Trinajstić information content (AvgIpc) is 2.92.